The number of likely N-dealkylation sites (tertiary alicyclic amines) is 1. The number of aryl methyl sites for hydroxylation is 1. The van der Waals surface area contributed by atoms with Gasteiger partial charge in [0.05, 0.1) is 13.2 Å². The summed E-state index contributed by atoms with van der Waals surface area (Å²) < 4.78 is 101. The number of hydrogen-bond donors (Lipinski definition) is 3. The fraction of sp³-hybridized carbons (Fsp3) is 0.519. The van der Waals surface area contributed by atoms with E-state index in [9.17, 15) is 39.5 Å². The van der Waals surface area contributed by atoms with Crippen LogP contribution in [0.25, 0.3) is 0 Å². The molecule has 0 amide bonds. The Hall–Kier alpha value is -4.00. The first-order valence-electron chi connectivity index (χ1n) is 13.1. The predicted molar refractivity (Wildman–Crippen MR) is 139 cm³/mol. The van der Waals surface area contributed by atoms with Gasteiger partial charge in [-0.2, -0.15) is 39.5 Å². The number of fused-ring (bicyclic) bond motifs is 1. The van der Waals surface area contributed by atoms with Crippen LogP contribution < -0.4 is 0 Å². The van der Waals surface area contributed by atoms with Gasteiger partial charge < -0.3 is 20.1 Å². The van der Waals surface area contributed by atoms with Crippen LogP contribution in [0.4, 0.5) is 39.5 Å². The van der Waals surface area contributed by atoms with Gasteiger partial charge in [0.25, 0.3) is 0 Å². The monoisotopic (exact) mass is 679 g/mol. The van der Waals surface area contributed by atoms with Crippen LogP contribution in [0, 0.1) is 18.3 Å². The number of ether oxygens (including phenoxy) is 1. The van der Waals surface area contributed by atoms with Crippen LogP contribution >= 0.6 is 0 Å². The molecule has 0 bridgehead atoms. The summed E-state index contributed by atoms with van der Waals surface area (Å²) in [6.45, 7) is 7.02. The fourth-order valence-electron chi connectivity index (χ4n) is 4.70. The third kappa shape index (κ3) is 14.4. The molecule has 0 aromatic carbocycles. The zero-order chi connectivity index (χ0) is 35.3. The number of rotatable bonds is 6. The summed E-state index contributed by atoms with van der Waals surface area (Å²) >= 11 is 0. The smallest absolute Gasteiger partial charge is 0.475 e. The van der Waals surface area contributed by atoms with Crippen LogP contribution in [-0.2, 0) is 32.3 Å². The Kier molecular flexibility index (Phi) is 14.8. The Morgan fingerprint density at radius 1 is 0.870 bits per heavy atom. The molecule has 10 nitrogen and oxygen atoms in total. The van der Waals surface area contributed by atoms with E-state index in [0.29, 0.717) is 12.0 Å². The molecule has 2 aliphatic rings. The lowest BCUT2D eigenvalue weighted by Gasteiger charge is -2.29. The average molecular weight is 680 g/mol. The molecule has 1 aliphatic carbocycles. The van der Waals surface area contributed by atoms with Crippen molar-refractivity contribution in [2.75, 3.05) is 19.7 Å². The van der Waals surface area contributed by atoms with E-state index < -0.39 is 36.4 Å². The Morgan fingerprint density at radius 2 is 1.37 bits per heavy atom. The van der Waals surface area contributed by atoms with E-state index in [-0.39, 0.29) is 0 Å². The molecule has 2 aromatic rings. The van der Waals surface area contributed by atoms with Crippen LogP contribution in [-0.4, -0.2) is 86.3 Å². The molecule has 2 atom stereocenters. The molecular formula is C27H30F9N3O7. The van der Waals surface area contributed by atoms with Gasteiger partial charge in [-0.25, -0.2) is 14.4 Å². The van der Waals surface area contributed by atoms with Gasteiger partial charge in [0, 0.05) is 49.8 Å². The fourth-order valence-corrected chi connectivity index (χ4v) is 4.70. The zero-order valence-corrected chi connectivity index (χ0v) is 24.0. The van der Waals surface area contributed by atoms with Gasteiger partial charge in [-0.3, -0.25) is 14.9 Å². The molecule has 1 saturated heterocycles. The van der Waals surface area contributed by atoms with E-state index in [1.807, 2.05) is 24.8 Å². The quantitative estimate of drug-likeness (QED) is 0.334. The van der Waals surface area contributed by atoms with Crippen molar-refractivity contribution in [3.8, 4) is 0 Å². The second kappa shape index (κ2) is 17.1. The Morgan fingerprint density at radius 3 is 1.83 bits per heavy atom. The van der Waals surface area contributed by atoms with E-state index in [4.69, 9.17) is 34.4 Å². The third-order valence-corrected chi connectivity index (χ3v) is 6.58. The molecule has 0 radical (unpaired) electrons. The summed E-state index contributed by atoms with van der Waals surface area (Å²) in [6, 6.07) is 6.42. The van der Waals surface area contributed by atoms with Crippen molar-refractivity contribution in [3.63, 3.8) is 0 Å². The summed E-state index contributed by atoms with van der Waals surface area (Å²) in [5.41, 5.74) is 4.08. The summed E-state index contributed by atoms with van der Waals surface area (Å²) in [7, 11) is 0. The van der Waals surface area contributed by atoms with Crippen LogP contribution in [0.3, 0.4) is 0 Å². The molecule has 3 N–H and O–H groups in total. The maximum atomic E-state index is 10.6. The Bertz CT molecular complexity index is 1220. The van der Waals surface area contributed by atoms with Gasteiger partial charge in [-0.15, -0.1) is 0 Å². The molecule has 258 valence electrons. The number of pyridine rings is 2. The minimum atomic E-state index is -5.08. The number of aliphatic carboxylic acids is 3. The zero-order valence-electron chi connectivity index (χ0n) is 24.0. The Labute approximate surface area is 255 Å². The third-order valence-electron chi connectivity index (χ3n) is 6.58. The molecule has 0 spiro atoms. The highest BCUT2D eigenvalue weighted by molar-refractivity contribution is 5.73. The number of hydrogen-bond acceptors (Lipinski definition) is 7. The van der Waals surface area contributed by atoms with E-state index in [1.54, 1.807) is 0 Å². The highest BCUT2D eigenvalue weighted by atomic mass is 19.4. The molecule has 1 aliphatic heterocycles. The van der Waals surface area contributed by atoms with Crippen molar-refractivity contribution < 1.29 is 74.0 Å². The van der Waals surface area contributed by atoms with Crippen LogP contribution in [0.2, 0.25) is 0 Å². The first-order chi connectivity index (χ1) is 21.1. The van der Waals surface area contributed by atoms with Gasteiger partial charge in [-0.05, 0) is 54.5 Å². The maximum absolute atomic E-state index is 10.6. The van der Waals surface area contributed by atoms with Crippen LogP contribution in [0.5, 0.6) is 0 Å². The number of nitrogens with zero attached hydrogens (tertiary/aromatic N) is 3. The molecule has 2 aromatic heterocycles. The second-order valence-electron chi connectivity index (χ2n) is 10.2. The molecule has 4 rings (SSSR count). The van der Waals surface area contributed by atoms with Crippen molar-refractivity contribution in [1.82, 2.24) is 14.9 Å². The number of aromatic nitrogens is 2. The van der Waals surface area contributed by atoms with Gasteiger partial charge in [0.2, 0.25) is 0 Å². The minimum absolute atomic E-state index is 0.351. The van der Waals surface area contributed by atoms with Crippen molar-refractivity contribution >= 4 is 17.9 Å². The van der Waals surface area contributed by atoms with Crippen LogP contribution in [0.15, 0.2) is 43.0 Å². The highest BCUT2D eigenvalue weighted by Crippen LogP contribution is 2.49. The van der Waals surface area contributed by atoms with E-state index in [2.05, 4.69) is 40.0 Å². The summed E-state index contributed by atoms with van der Waals surface area (Å²) in [4.78, 5) is 37.7. The molecule has 46 heavy (non-hydrogen) atoms. The number of carboxylic acid groups (broad SMARTS) is 3. The lowest BCUT2D eigenvalue weighted by molar-refractivity contribution is -0.193. The lowest BCUT2D eigenvalue weighted by Crippen LogP contribution is -2.32. The number of carbonyl (C=O) groups is 3. The molecule has 19 heteroatoms. The molecule has 3 heterocycles. The van der Waals surface area contributed by atoms with Gasteiger partial charge in [0.1, 0.15) is 0 Å². The highest BCUT2D eigenvalue weighted by Gasteiger charge is 2.49. The number of alkyl halides is 9. The first kappa shape index (κ1) is 40.0. The minimum Gasteiger partial charge on any atom is -0.475 e. The molecule has 0 unspecified atom stereocenters. The standard InChI is InChI=1S/C21H27N3O.3C2HF3O2/c1-17-9-19(11-23-10-17)14-25-16-21-6-2-3-20(21)13-24(15-21)12-18-4-7-22-8-5-18;3*3-2(4,5)1(6)7/h4-5,7-11,20H,2-3,6,12-16H2,1H3;3*(H,6,7)/t20-,21+;;;/m1.../s1. The Balaban J connectivity index is 0.000000413. The average Bonchev–Trinajstić information content (AvgIpc) is 3.45. The normalized spacial score (nSPS) is 19.3. The summed E-state index contributed by atoms with van der Waals surface area (Å²) in [6.07, 6.45) is -3.66. The van der Waals surface area contributed by atoms with Crippen LogP contribution in [0.1, 0.15) is 36.0 Å². The van der Waals surface area contributed by atoms with Crippen molar-refractivity contribution in [3.05, 3.63) is 59.7 Å². The predicted octanol–water partition coefficient (Wildman–Crippen LogP) is 5.50. The summed E-state index contributed by atoms with van der Waals surface area (Å²) in [5.74, 6) is -7.49. The largest absolute Gasteiger partial charge is 0.490 e. The molecule has 2 fully saturated rings. The topological polar surface area (TPSA) is 150 Å². The maximum Gasteiger partial charge on any atom is 0.490 e. The second-order valence-corrected chi connectivity index (χ2v) is 10.2. The van der Waals surface area contributed by atoms with E-state index >= 15 is 0 Å². The number of carboxylic acids is 3. The van der Waals surface area contributed by atoms with Gasteiger partial charge in [0.15, 0.2) is 0 Å². The van der Waals surface area contributed by atoms with E-state index in [1.165, 1.54) is 42.5 Å². The van der Waals surface area contributed by atoms with Crippen molar-refractivity contribution in [2.24, 2.45) is 11.3 Å². The lowest BCUT2D eigenvalue weighted by atomic mass is 9.81. The first-order valence-corrected chi connectivity index (χ1v) is 13.1. The SMILES string of the molecule is Cc1cncc(COC[C@@]23CCC[C@@H]2CN(Cc2ccncc2)C3)c1.O=C(O)C(F)(F)F.O=C(O)C(F)(F)F.O=C(O)C(F)(F)F. The van der Waals surface area contributed by atoms with Gasteiger partial charge in [-0.1, -0.05) is 12.5 Å². The van der Waals surface area contributed by atoms with E-state index in [0.717, 1.165) is 25.6 Å². The molecule has 1 saturated carbocycles. The number of halogens is 9. The van der Waals surface area contributed by atoms with Crippen molar-refractivity contribution in [2.45, 2.75) is 57.9 Å². The molecular weight excluding hydrogens is 649 g/mol. The summed E-state index contributed by atoms with van der Waals surface area (Å²) in [5, 5.41) is 21.4. The van der Waals surface area contributed by atoms with Crippen molar-refractivity contribution in [1.29, 1.82) is 0 Å². The van der Waals surface area contributed by atoms with Gasteiger partial charge >= 0.3 is 36.4 Å².